The predicted molar refractivity (Wildman–Crippen MR) is 27.3 cm³/mol. The van der Waals surface area contributed by atoms with Crippen LogP contribution in [0.3, 0.4) is 0 Å². The minimum absolute atomic E-state index is 1.46. The highest BCUT2D eigenvalue weighted by Crippen LogP contribution is 1.62. The summed E-state index contributed by atoms with van der Waals surface area (Å²) in [6, 6.07) is 0. The molecule has 0 aromatic heterocycles. The summed E-state index contributed by atoms with van der Waals surface area (Å²) in [5.41, 5.74) is 0. The molecule has 0 heterocycles. The van der Waals surface area contributed by atoms with E-state index < -0.39 is 0 Å². The monoisotopic (exact) mass is 82.1 g/mol. The highest BCUT2D eigenvalue weighted by molar-refractivity contribution is 5.65. The van der Waals surface area contributed by atoms with E-state index in [1.165, 1.54) is 6.21 Å². The molecule has 0 unspecified atom stereocenters. The SMILES string of the molecule is C=CC=CC=[NH2+]. The van der Waals surface area contributed by atoms with Crippen LogP contribution in [0.15, 0.2) is 24.8 Å². The van der Waals surface area contributed by atoms with E-state index in [1.54, 1.807) is 18.2 Å². The van der Waals surface area contributed by atoms with Gasteiger partial charge in [-0.1, -0.05) is 18.7 Å². The molecule has 0 bridgehead atoms. The third-order valence-electron chi connectivity index (χ3n) is 0.358. The topological polar surface area (TPSA) is 25.6 Å². The van der Waals surface area contributed by atoms with Gasteiger partial charge in [0.1, 0.15) is 0 Å². The zero-order valence-electron chi connectivity index (χ0n) is 3.59. The van der Waals surface area contributed by atoms with Crippen LogP contribution in [0.25, 0.3) is 0 Å². The van der Waals surface area contributed by atoms with Crippen molar-refractivity contribution in [2.45, 2.75) is 0 Å². The average molecular weight is 82.1 g/mol. The molecule has 0 aliphatic carbocycles. The standard InChI is InChI=1S/C5H7N/c1-2-3-4-5-6/h2-6H,1H2/p+1. The molecule has 32 valence electrons. The normalized spacial score (nSPS) is 8.67. The zero-order chi connectivity index (χ0) is 4.83. The van der Waals surface area contributed by atoms with Gasteiger partial charge >= 0.3 is 0 Å². The second-order valence-corrected chi connectivity index (χ2v) is 0.813. The third-order valence-corrected chi connectivity index (χ3v) is 0.358. The lowest BCUT2D eigenvalue weighted by Gasteiger charge is -1.55. The van der Waals surface area contributed by atoms with Crippen molar-refractivity contribution in [3.63, 3.8) is 0 Å². The first-order chi connectivity index (χ1) is 2.91. The van der Waals surface area contributed by atoms with Gasteiger partial charge in [-0.25, -0.2) is 0 Å². The van der Waals surface area contributed by atoms with Crippen LogP contribution in [0, 0.1) is 0 Å². The number of nitrogens with two attached hydrogens (primary N) is 1. The Bertz CT molecular complexity index is 62.0. The van der Waals surface area contributed by atoms with Crippen molar-refractivity contribution in [1.82, 2.24) is 0 Å². The van der Waals surface area contributed by atoms with E-state index in [1.807, 2.05) is 0 Å². The first-order valence-corrected chi connectivity index (χ1v) is 1.74. The van der Waals surface area contributed by atoms with E-state index >= 15 is 0 Å². The van der Waals surface area contributed by atoms with Gasteiger partial charge in [0.2, 0.25) is 0 Å². The molecule has 0 aromatic rings. The summed E-state index contributed by atoms with van der Waals surface area (Å²) in [5, 5.41) is 4.96. The Balaban J connectivity index is 3.17. The van der Waals surface area contributed by atoms with E-state index in [2.05, 4.69) is 6.58 Å². The van der Waals surface area contributed by atoms with Crippen molar-refractivity contribution in [2.24, 2.45) is 0 Å². The maximum Gasteiger partial charge on any atom is 0.160 e. The van der Waals surface area contributed by atoms with Crippen LogP contribution in [0.4, 0.5) is 0 Å². The lowest BCUT2D eigenvalue weighted by Crippen LogP contribution is -2.27. The van der Waals surface area contributed by atoms with Crippen molar-refractivity contribution >= 4 is 6.21 Å². The maximum atomic E-state index is 4.96. The summed E-state index contributed by atoms with van der Waals surface area (Å²) in [4.78, 5) is 0. The van der Waals surface area contributed by atoms with Crippen molar-refractivity contribution in [1.29, 1.82) is 0 Å². The van der Waals surface area contributed by atoms with Gasteiger partial charge in [0.25, 0.3) is 0 Å². The Morgan fingerprint density at radius 3 is 2.17 bits per heavy atom. The van der Waals surface area contributed by atoms with Crippen molar-refractivity contribution < 1.29 is 5.41 Å². The van der Waals surface area contributed by atoms with Crippen molar-refractivity contribution in [2.75, 3.05) is 0 Å². The minimum atomic E-state index is 1.46. The highest BCUT2D eigenvalue weighted by atomic mass is 14.3. The Kier molecular flexibility index (Phi) is 3.56. The zero-order valence-corrected chi connectivity index (χ0v) is 3.59. The smallest absolute Gasteiger partial charge is 0.160 e. The molecule has 0 aliphatic heterocycles. The average Bonchev–Trinajstić information content (AvgIpc) is 1.61. The fraction of sp³-hybridized carbons (Fsp3) is 0. The fourth-order valence-electron chi connectivity index (χ4n) is 0.143. The Labute approximate surface area is 37.5 Å². The molecule has 0 aliphatic rings. The van der Waals surface area contributed by atoms with Crippen LogP contribution in [0.2, 0.25) is 0 Å². The molecule has 0 fully saturated rings. The summed E-state index contributed by atoms with van der Waals surface area (Å²) in [5.74, 6) is 0. The molecule has 2 N–H and O–H groups in total. The van der Waals surface area contributed by atoms with E-state index in [4.69, 9.17) is 5.41 Å². The summed E-state index contributed by atoms with van der Waals surface area (Å²) < 4.78 is 0. The van der Waals surface area contributed by atoms with Crippen LogP contribution in [0.1, 0.15) is 0 Å². The van der Waals surface area contributed by atoms with E-state index in [9.17, 15) is 0 Å². The summed E-state index contributed by atoms with van der Waals surface area (Å²) in [6.07, 6.45) is 6.61. The molecule has 0 radical (unpaired) electrons. The molecule has 1 nitrogen and oxygen atoms in total. The lowest BCUT2D eigenvalue weighted by atomic mass is 10.5. The Morgan fingerprint density at radius 2 is 2.00 bits per heavy atom. The van der Waals surface area contributed by atoms with Gasteiger partial charge in [0, 0.05) is 6.08 Å². The Hall–Kier alpha value is -0.850. The van der Waals surface area contributed by atoms with E-state index in [-0.39, 0.29) is 0 Å². The first kappa shape index (κ1) is 5.15. The van der Waals surface area contributed by atoms with Crippen LogP contribution in [-0.2, 0) is 0 Å². The van der Waals surface area contributed by atoms with Gasteiger partial charge < -0.3 is 0 Å². The molecule has 0 saturated heterocycles. The molecule has 0 rings (SSSR count). The Morgan fingerprint density at radius 1 is 1.33 bits per heavy atom. The van der Waals surface area contributed by atoms with E-state index in [0.717, 1.165) is 0 Å². The van der Waals surface area contributed by atoms with Gasteiger partial charge in [0.15, 0.2) is 6.21 Å². The molecular formula is C5H8N+. The van der Waals surface area contributed by atoms with Gasteiger partial charge in [-0.2, -0.15) is 0 Å². The molecule has 1 heteroatoms. The lowest BCUT2D eigenvalue weighted by molar-refractivity contribution is -0.104. The van der Waals surface area contributed by atoms with Gasteiger partial charge in [-0.15, -0.1) is 0 Å². The fourth-order valence-corrected chi connectivity index (χ4v) is 0.143. The summed E-state index contributed by atoms with van der Waals surface area (Å²) in [7, 11) is 0. The summed E-state index contributed by atoms with van der Waals surface area (Å²) >= 11 is 0. The minimum Gasteiger partial charge on any atom is -0.260 e. The predicted octanol–water partition coefficient (Wildman–Crippen LogP) is -0.441. The number of allylic oxidation sites excluding steroid dienone is 3. The molecule has 0 saturated carbocycles. The first-order valence-electron chi connectivity index (χ1n) is 1.74. The van der Waals surface area contributed by atoms with Gasteiger partial charge in [-0.05, 0) is 0 Å². The van der Waals surface area contributed by atoms with Crippen molar-refractivity contribution in [3.05, 3.63) is 24.8 Å². The van der Waals surface area contributed by atoms with Crippen LogP contribution < -0.4 is 5.41 Å². The van der Waals surface area contributed by atoms with Crippen LogP contribution in [0.5, 0.6) is 0 Å². The number of hydrogen-bond donors (Lipinski definition) is 1. The molecule has 0 amide bonds. The van der Waals surface area contributed by atoms with Gasteiger partial charge in [-0.3, -0.25) is 5.41 Å². The largest absolute Gasteiger partial charge is 0.260 e. The van der Waals surface area contributed by atoms with E-state index in [0.29, 0.717) is 0 Å². The molecular weight excluding hydrogens is 74.1 g/mol. The van der Waals surface area contributed by atoms with Crippen LogP contribution >= 0.6 is 0 Å². The van der Waals surface area contributed by atoms with Crippen LogP contribution in [-0.4, -0.2) is 6.21 Å². The third kappa shape index (κ3) is 3.15. The maximum absolute atomic E-state index is 4.96. The highest BCUT2D eigenvalue weighted by Gasteiger charge is 1.53. The number of rotatable bonds is 2. The molecule has 0 atom stereocenters. The quantitative estimate of drug-likeness (QED) is 0.345. The molecule has 0 aromatic carbocycles. The second kappa shape index (κ2) is 4.15. The second-order valence-electron chi connectivity index (χ2n) is 0.813. The summed E-state index contributed by atoms with van der Waals surface area (Å²) in [6.45, 7) is 3.44. The van der Waals surface area contributed by atoms with Crippen molar-refractivity contribution in [3.8, 4) is 0 Å². The number of hydrogen-bond acceptors (Lipinski definition) is 0. The molecule has 0 spiro atoms. The van der Waals surface area contributed by atoms with Gasteiger partial charge in [0.05, 0.1) is 0 Å². The molecule has 6 heavy (non-hydrogen) atoms.